The van der Waals surface area contributed by atoms with Gasteiger partial charge in [-0.1, -0.05) is 17.7 Å². The summed E-state index contributed by atoms with van der Waals surface area (Å²) >= 11 is 5.84. The smallest absolute Gasteiger partial charge is 0.368 e. The molecule has 3 aromatic carbocycles. The Morgan fingerprint density at radius 3 is 2.11 bits per heavy atom. The van der Waals surface area contributed by atoms with Crippen molar-refractivity contribution in [2.45, 2.75) is 11.1 Å². The second-order valence-corrected chi connectivity index (χ2v) is 10.7. The van der Waals surface area contributed by atoms with Gasteiger partial charge in [0.1, 0.15) is 0 Å². The summed E-state index contributed by atoms with van der Waals surface area (Å²) in [7, 11) is -2.38. The molecule has 1 saturated heterocycles. The largest absolute Gasteiger partial charge is 0.416 e. The first-order chi connectivity index (χ1) is 17.0. The van der Waals surface area contributed by atoms with E-state index in [-0.39, 0.29) is 10.8 Å². The molecule has 0 saturated carbocycles. The van der Waals surface area contributed by atoms with Gasteiger partial charge in [0.25, 0.3) is 15.9 Å². The van der Waals surface area contributed by atoms with Crippen LogP contribution in [0.1, 0.15) is 15.9 Å². The van der Waals surface area contributed by atoms with Gasteiger partial charge in [-0.3, -0.25) is 9.10 Å². The zero-order chi connectivity index (χ0) is 26.1. The fourth-order valence-corrected chi connectivity index (χ4v) is 5.27. The Balaban J connectivity index is 1.41. The molecule has 1 amide bonds. The van der Waals surface area contributed by atoms with Crippen molar-refractivity contribution >= 4 is 38.9 Å². The molecule has 6 nitrogen and oxygen atoms in total. The molecular weight excluding hydrogens is 515 g/mol. The van der Waals surface area contributed by atoms with Crippen molar-refractivity contribution in [3.05, 3.63) is 88.9 Å². The fraction of sp³-hybridized carbons (Fsp3) is 0.240. The van der Waals surface area contributed by atoms with Gasteiger partial charge in [0.15, 0.2) is 0 Å². The van der Waals surface area contributed by atoms with E-state index in [4.69, 9.17) is 11.6 Å². The highest BCUT2D eigenvalue weighted by Gasteiger charge is 2.31. The standard InChI is InChI=1S/C25H23ClF3N3O3S/c1-30(36(34,35)23-11-7-20(26)8-12-23)21-9-5-18(6-10-21)24(33)32-15-13-31(14-16-32)22-4-2-3-19(17-22)25(27,28)29/h2-12,17H,13-16H2,1H3. The number of alkyl halides is 3. The lowest BCUT2D eigenvalue weighted by molar-refractivity contribution is -0.137. The highest BCUT2D eigenvalue weighted by molar-refractivity contribution is 7.92. The van der Waals surface area contributed by atoms with Crippen LogP contribution in [-0.4, -0.2) is 52.5 Å². The molecule has 0 unspecified atom stereocenters. The lowest BCUT2D eigenvalue weighted by Gasteiger charge is -2.36. The van der Waals surface area contributed by atoms with Crippen LogP contribution in [0.4, 0.5) is 24.5 Å². The van der Waals surface area contributed by atoms with Crippen LogP contribution >= 0.6 is 11.6 Å². The van der Waals surface area contributed by atoms with Crippen LogP contribution in [-0.2, 0) is 16.2 Å². The van der Waals surface area contributed by atoms with Crippen molar-refractivity contribution in [1.29, 1.82) is 0 Å². The highest BCUT2D eigenvalue weighted by atomic mass is 35.5. The number of anilines is 2. The third-order valence-electron chi connectivity index (χ3n) is 6.06. The molecule has 4 rings (SSSR count). The number of rotatable bonds is 5. The van der Waals surface area contributed by atoms with E-state index in [1.807, 2.05) is 4.90 Å². The van der Waals surface area contributed by atoms with Gasteiger partial charge in [0.05, 0.1) is 16.1 Å². The third kappa shape index (κ3) is 5.44. The van der Waals surface area contributed by atoms with Crippen LogP contribution in [0.2, 0.25) is 5.02 Å². The molecule has 11 heteroatoms. The predicted molar refractivity (Wildman–Crippen MR) is 133 cm³/mol. The number of piperazine rings is 1. The van der Waals surface area contributed by atoms with Gasteiger partial charge in [-0.05, 0) is 66.7 Å². The van der Waals surface area contributed by atoms with E-state index in [1.54, 1.807) is 35.2 Å². The quantitative estimate of drug-likeness (QED) is 0.452. The number of benzene rings is 3. The molecule has 1 aliphatic heterocycles. The number of nitrogens with zero attached hydrogens (tertiary/aromatic N) is 3. The van der Waals surface area contributed by atoms with E-state index in [0.717, 1.165) is 16.4 Å². The summed E-state index contributed by atoms with van der Waals surface area (Å²) in [6.45, 7) is 1.49. The van der Waals surface area contributed by atoms with Crippen LogP contribution in [0.25, 0.3) is 0 Å². The molecule has 0 radical (unpaired) electrons. The predicted octanol–water partition coefficient (Wildman–Crippen LogP) is 5.15. The van der Waals surface area contributed by atoms with E-state index < -0.39 is 21.8 Å². The second kappa shape index (κ2) is 10.0. The Morgan fingerprint density at radius 2 is 1.53 bits per heavy atom. The average Bonchev–Trinajstić information content (AvgIpc) is 2.88. The molecule has 190 valence electrons. The summed E-state index contributed by atoms with van der Waals surface area (Å²) in [5.74, 6) is -0.228. The normalized spacial score (nSPS) is 14.6. The Bertz CT molecular complexity index is 1340. The molecule has 0 spiro atoms. The maximum Gasteiger partial charge on any atom is 0.416 e. The Morgan fingerprint density at radius 1 is 0.917 bits per heavy atom. The summed E-state index contributed by atoms with van der Waals surface area (Å²) in [6, 6.07) is 17.2. The summed E-state index contributed by atoms with van der Waals surface area (Å²) in [5, 5.41) is 0.426. The van der Waals surface area contributed by atoms with Crippen molar-refractivity contribution in [2.75, 3.05) is 42.4 Å². The zero-order valence-corrected chi connectivity index (χ0v) is 20.8. The molecular formula is C25H23ClF3N3O3S. The molecule has 0 N–H and O–H groups in total. The van der Waals surface area contributed by atoms with Gasteiger partial charge >= 0.3 is 6.18 Å². The van der Waals surface area contributed by atoms with Gasteiger partial charge < -0.3 is 9.80 Å². The van der Waals surface area contributed by atoms with E-state index >= 15 is 0 Å². The summed E-state index contributed by atoms with van der Waals surface area (Å²) in [6.07, 6.45) is -4.41. The number of halogens is 4. The zero-order valence-electron chi connectivity index (χ0n) is 19.2. The van der Waals surface area contributed by atoms with Crippen LogP contribution in [0.3, 0.4) is 0 Å². The number of sulfonamides is 1. The maximum atomic E-state index is 13.0. The van der Waals surface area contributed by atoms with Gasteiger partial charge in [0.2, 0.25) is 0 Å². The summed E-state index contributed by atoms with van der Waals surface area (Å²) in [4.78, 5) is 16.5. The molecule has 1 aliphatic rings. The van der Waals surface area contributed by atoms with Gasteiger partial charge in [-0.25, -0.2) is 8.42 Å². The van der Waals surface area contributed by atoms with Crippen LogP contribution in [0.5, 0.6) is 0 Å². The van der Waals surface area contributed by atoms with Crippen LogP contribution < -0.4 is 9.21 Å². The molecule has 0 bridgehead atoms. The monoisotopic (exact) mass is 537 g/mol. The number of hydrogen-bond donors (Lipinski definition) is 0. The minimum Gasteiger partial charge on any atom is -0.368 e. The Kier molecular flexibility index (Phi) is 7.19. The maximum absolute atomic E-state index is 13.0. The SMILES string of the molecule is CN(c1ccc(C(=O)N2CCN(c3cccc(C(F)(F)F)c3)CC2)cc1)S(=O)(=O)c1ccc(Cl)cc1. The minimum atomic E-state index is -4.41. The lowest BCUT2D eigenvalue weighted by Crippen LogP contribution is -2.48. The number of amides is 1. The Hall–Kier alpha value is -3.24. The highest BCUT2D eigenvalue weighted by Crippen LogP contribution is 2.32. The first kappa shape index (κ1) is 25.8. The van der Waals surface area contributed by atoms with Crippen molar-refractivity contribution in [3.8, 4) is 0 Å². The molecule has 1 heterocycles. The number of carbonyl (C=O) groups is 1. The van der Waals surface area contributed by atoms with E-state index in [2.05, 4.69) is 0 Å². The lowest BCUT2D eigenvalue weighted by atomic mass is 10.1. The van der Waals surface area contributed by atoms with Crippen molar-refractivity contribution in [3.63, 3.8) is 0 Å². The van der Waals surface area contributed by atoms with Crippen molar-refractivity contribution in [2.24, 2.45) is 0 Å². The second-order valence-electron chi connectivity index (χ2n) is 8.30. The first-order valence-corrected chi connectivity index (χ1v) is 12.8. The summed E-state index contributed by atoms with van der Waals surface area (Å²) < 4.78 is 65.9. The van der Waals surface area contributed by atoms with Crippen LogP contribution in [0.15, 0.2) is 77.7 Å². The third-order valence-corrected chi connectivity index (χ3v) is 8.11. The van der Waals surface area contributed by atoms with E-state index in [1.165, 1.54) is 37.4 Å². The minimum absolute atomic E-state index is 0.0909. The van der Waals surface area contributed by atoms with Crippen LogP contribution in [0, 0.1) is 0 Å². The molecule has 0 atom stereocenters. The topological polar surface area (TPSA) is 60.9 Å². The van der Waals surface area contributed by atoms with E-state index in [0.29, 0.717) is 48.1 Å². The Labute approximate surface area is 212 Å². The molecule has 3 aromatic rings. The molecule has 1 fully saturated rings. The first-order valence-electron chi connectivity index (χ1n) is 11.0. The van der Waals surface area contributed by atoms with E-state index in [9.17, 15) is 26.4 Å². The van der Waals surface area contributed by atoms with Gasteiger partial charge in [-0.2, -0.15) is 13.2 Å². The molecule has 36 heavy (non-hydrogen) atoms. The summed E-state index contributed by atoms with van der Waals surface area (Å²) in [5.41, 5.74) is 0.535. The van der Waals surface area contributed by atoms with Crippen molar-refractivity contribution in [1.82, 2.24) is 4.90 Å². The van der Waals surface area contributed by atoms with Crippen molar-refractivity contribution < 1.29 is 26.4 Å². The number of hydrogen-bond acceptors (Lipinski definition) is 4. The van der Waals surface area contributed by atoms with Gasteiger partial charge in [0, 0.05) is 49.5 Å². The fourth-order valence-electron chi connectivity index (χ4n) is 3.95. The average molecular weight is 538 g/mol. The number of carbonyl (C=O) groups excluding carboxylic acids is 1. The van der Waals surface area contributed by atoms with Gasteiger partial charge in [-0.15, -0.1) is 0 Å². The molecule has 0 aromatic heterocycles. The molecule has 0 aliphatic carbocycles.